The number of aryl methyl sites for hydroxylation is 1. The summed E-state index contributed by atoms with van der Waals surface area (Å²) in [6, 6.07) is 7.23. The minimum absolute atomic E-state index is 0.00805. The van der Waals surface area contributed by atoms with Gasteiger partial charge in [-0.05, 0) is 43.7 Å². The molecule has 3 heterocycles. The minimum Gasteiger partial charge on any atom is -0.327 e. The van der Waals surface area contributed by atoms with E-state index in [0.717, 1.165) is 25.7 Å². The lowest BCUT2D eigenvalue weighted by molar-refractivity contribution is 0.0720. The average molecular weight is 378 g/mol. The Hall–Kier alpha value is -3.03. The molecule has 28 heavy (non-hydrogen) atoms. The van der Waals surface area contributed by atoms with Gasteiger partial charge in [0.15, 0.2) is 5.69 Å². The van der Waals surface area contributed by atoms with E-state index in [4.69, 9.17) is 4.98 Å². The highest BCUT2D eigenvalue weighted by molar-refractivity contribution is 5.92. The van der Waals surface area contributed by atoms with Crippen LogP contribution < -0.4 is 5.56 Å². The van der Waals surface area contributed by atoms with Crippen LogP contribution in [0.4, 0.5) is 0 Å². The first-order valence-corrected chi connectivity index (χ1v) is 9.78. The number of hydrogen-bond donors (Lipinski definition) is 0. The Labute approximate surface area is 161 Å². The molecule has 1 atom stereocenters. The van der Waals surface area contributed by atoms with Crippen LogP contribution in [0.2, 0.25) is 0 Å². The zero-order valence-corrected chi connectivity index (χ0v) is 15.8. The third-order valence-corrected chi connectivity index (χ3v) is 5.66. The monoisotopic (exact) mass is 378 g/mol. The number of fused-ring (bicyclic) bond motifs is 1. The summed E-state index contributed by atoms with van der Waals surface area (Å²) in [6.07, 6.45) is 5.59. The van der Waals surface area contributed by atoms with Crippen molar-refractivity contribution in [2.45, 2.75) is 38.3 Å². The summed E-state index contributed by atoms with van der Waals surface area (Å²) < 4.78 is 3.34. The van der Waals surface area contributed by atoms with E-state index < -0.39 is 0 Å². The van der Waals surface area contributed by atoms with E-state index in [2.05, 4.69) is 10.3 Å². The number of carbonyl (C=O) groups is 1. The predicted octanol–water partition coefficient (Wildman–Crippen LogP) is 1.91. The normalized spacial score (nSPS) is 19.5. The molecule has 1 saturated carbocycles. The van der Waals surface area contributed by atoms with E-state index in [0.29, 0.717) is 41.4 Å². The zero-order chi connectivity index (χ0) is 19.3. The first-order chi connectivity index (χ1) is 13.6. The standard InChI is InChI=1S/C20H22N6O2/c1-24-12-16(22-23-24)20(28)25-10-4-7-17(25)18-21-15-6-3-2-5-14(15)19(27)26(18)11-13-8-9-13/h2-3,5-6,12-13,17H,4,7-11H2,1H3. The molecule has 0 N–H and O–H groups in total. The van der Waals surface area contributed by atoms with Gasteiger partial charge >= 0.3 is 0 Å². The Morgan fingerprint density at radius 1 is 1.21 bits per heavy atom. The molecule has 0 radical (unpaired) electrons. The number of para-hydroxylation sites is 1. The van der Waals surface area contributed by atoms with E-state index in [1.807, 2.05) is 28.8 Å². The topological polar surface area (TPSA) is 85.9 Å². The summed E-state index contributed by atoms with van der Waals surface area (Å²) in [5.41, 5.74) is 1.01. The molecule has 144 valence electrons. The molecule has 1 amide bonds. The number of benzene rings is 1. The number of amides is 1. The average Bonchev–Trinajstić information content (AvgIpc) is 3.20. The van der Waals surface area contributed by atoms with Crippen LogP contribution >= 0.6 is 0 Å². The van der Waals surface area contributed by atoms with Crippen molar-refractivity contribution in [1.29, 1.82) is 0 Å². The van der Waals surface area contributed by atoms with Gasteiger partial charge in [-0.1, -0.05) is 17.3 Å². The van der Waals surface area contributed by atoms with Crippen molar-refractivity contribution in [3.05, 3.63) is 52.3 Å². The van der Waals surface area contributed by atoms with Crippen molar-refractivity contribution in [3.8, 4) is 0 Å². The van der Waals surface area contributed by atoms with Crippen LogP contribution in [-0.4, -0.2) is 41.9 Å². The second-order valence-corrected chi connectivity index (χ2v) is 7.78. The quantitative estimate of drug-likeness (QED) is 0.692. The molecule has 1 unspecified atom stereocenters. The molecule has 1 aliphatic heterocycles. The highest BCUT2D eigenvalue weighted by Gasteiger charge is 2.36. The van der Waals surface area contributed by atoms with Crippen molar-refractivity contribution < 1.29 is 4.79 Å². The Balaban J connectivity index is 1.60. The van der Waals surface area contributed by atoms with Gasteiger partial charge in [0.25, 0.3) is 11.5 Å². The molecular formula is C20H22N6O2. The fourth-order valence-electron chi connectivity index (χ4n) is 4.05. The van der Waals surface area contributed by atoms with Crippen LogP contribution in [0, 0.1) is 5.92 Å². The molecule has 1 saturated heterocycles. The Morgan fingerprint density at radius 3 is 2.79 bits per heavy atom. The second-order valence-electron chi connectivity index (χ2n) is 7.78. The van der Waals surface area contributed by atoms with Crippen LogP contribution in [0.25, 0.3) is 10.9 Å². The fraction of sp³-hybridized carbons (Fsp3) is 0.450. The SMILES string of the molecule is Cn1cc(C(=O)N2CCCC2c2nc3ccccc3c(=O)n2CC2CC2)nn1. The summed E-state index contributed by atoms with van der Waals surface area (Å²) in [6.45, 7) is 1.31. The molecule has 8 nitrogen and oxygen atoms in total. The molecule has 0 spiro atoms. The Morgan fingerprint density at radius 2 is 2.04 bits per heavy atom. The zero-order valence-electron chi connectivity index (χ0n) is 15.8. The predicted molar refractivity (Wildman–Crippen MR) is 103 cm³/mol. The minimum atomic E-state index is -0.217. The molecule has 3 aromatic rings. The van der Waals surface area contributed by atoms with Crippen molar-refractivity contribution in [3.63, 3.8) is 0 Å². The Kier molecular flexibility index (Phi) is 3.99. The van der Waals surface area contributed by atoms with Crippen LogP contribution in [0.3, 0.4) is 0 Å². The van der Waals surface area contributed by atoms with Gasteiger partial charge in [-0.3, -0.25) is 18.8 Å². The number of hydrogen-bond acceptors (Lipinski definition) is 5. The first kappa shape index (κ1) is 17.1. The summed E-state index contributed by atoms with van der Waals surface area (Å²) in [4.78, 5) is 32.9. The van der Waals surface area contributed by atoms with E-state index in [1.165, 1.54) is 4.68 Å². The van der Waals surface area contributed by atoms with Gasteiger partial charge in [-0.2, -0.15) is 0 Å². The highest BCUT2D eigenvalue weighted by atomic mass is 16.2. The van der Waals surface area contributed by atoms with Crippen LogP contribution in [0.5, 0.6) is 0 Å². The van der Waals surface area contributed by atoms with Gasteiger partial charge in [-0.25, -0.2) is 4.98 Å². The lowest BCUT2D eigenvalue weighted by Gasteiger charge is -2.26. The van der Waals surface area contributed by atoms with Crippen molar-refractivity contribution in [1.82, 2.24) is 29.4 Å². The molecule has 8 heteroatoms. The lowest BCUT2D eigenvalue weighted by Crippen LogP contribution is -2.36. The van der Waals surface area contributed by atoms with Gasteiger partial charge in [0.1, 0.15) is 5.82 Å². The molecule has 2 fully saturated rings. The van der Waals surface area contributed by atoms with Gasteiger partial charge in [0.2, 0.25) is 0 Å². The van der Waals surface area contributed by atoms with Gasteiger partial charge in [-0.15, -0.1) is 5.10 Å². The lowest BCUT2D eigenvalue weighted by atomic mass is 10.1. The number of nitrogens with zero attached hydrogens (tertiary/aromatic N) is 6. The summed E-state index contributed by atoms with van der Waals surface area (Å²) in [5.74, 6) is 1.08. The first-order valence-electron chi connectivity index (χ1n) is 9.78. The summed E-state index contributed by atoms with van der Waals surface area (Å²) in [7, 11) is 1.74. The van der Waals surface area contributed by atoms with Crippen molar-refractivity contribution >= 4 is 16.8 Å². The summed E-state index contributed by atoms with van der Waals surface area (Å²) in [5, 5.41) is 8.48. The van der Waals surface area contributed by atoms with Crippen molar-refractivity contribution in [2.24, 2.45) is 13.0 Å². The smallest absolute Gasteiger partial charge is 0.276 e. The third-order valence-electron chi connectivity index (χ3n) is 5.66. The molecule has 2 aliphatic rings. The number of carbonyl (C=O) groups excluding carboxylic acids is 1. The fourth-order valence-corrected chi connectivity index (χ4v) is 4.05. The molecule has 1 aliphatic carbocycles. The van der Waals surface area contributed by atoms with Crippen LogP contribution in [-0.2, 0) is 13.6 Å². The second kappa shape index (κ2) is 6.54. The van der Waals surface area contributed by atoms with Crippen LogP contribution in [0.1, 0.15) is 48.0 Å². The number of aromatic nitrogens is 5. The highest BCUT2D eigenvalue weighted by Crippen LogP contribution is 2.35. The third kappa shape index (κ3) is 2.89. The van der Waals surface area contributed by atoms with E-state index in [-0.39, 0.29) is 17.5 Å². The molecule has 5 rings (SSSR count). The van der Waals surface area contributed by atoms with E-state index in [9.17, 15) is 9.59 Å². The van der Waals surface area contributed by atoms with Gasteiger partial charge < -0.3 is 4.90 Å². The largest absolute Gasteiger partial charge is 0.327 e. The maximum absolute atomic E-state index is 13.2. The summed E-state index contributed by atoms with van der Waals surface area (Å²) >= 11 is 0. The van der Waals surface area contributed by atoms with Gasteiger partial charge in [0, 0.05) is 20.1 Å². The van der Waals surface area contributed by atoms with Crippen LogP contribution in [0.15, 0.2) is 35.3 Å². The van der Waals surface area contributed by atoms with Gasteiger partial charge in [0.05, 0.1) is 23.1 Å². The Bertz CT molecular complexity index is 1110. The maximum Gasteiger partial charge on any atom is 0.276 e. The molecular weight excluding hydrogens is 356 g/mol. The van der Waals surface area contributed by atoms with E-state index in [1.54, 1.807) is 18.1 Å². The number of likely N-dealkylation sites (tertiary alicyclic amines) is 1. The molecule has 1 aromatic carbocycles. The molecule has 2 aromatic heterocycles. The number of rotatable bonds is 4. The van der Waals surface area contributed by atoms with E-state index >= 15 is 0 Å². The van der Waals surface area contributed by atoms with Crippen molar-refractivity contribution in [2.75, 3.05) is 6.54 Å². The molecule has 0 bridgehead atoms. The maximum atomic E-state index is 13.2.